The molecule has 21 heavy (non-hydrogen) atoms. The van der Waals surface area contributed by atoms with Crippen LogP contribution in [0.25, 0.3) is 0 Å². The normalized spacial score (nSPS) is 10.5. The molecular weight excluding hydrogens is 346 g/mol. The lowest BCUT2D eigenvalue weighted by atomic mass is 10.1. The van der Waals surface area contributed by atoms with Crippen LogP contribution in [0, 0.1) is 13.8 Å². The second-order valence-electron chi connectivity index (χ2n) is 4.95. The van der Waals surface area contributed by atoms with Crippen molar-refractivity contribution in [1.29, 1.82) is 0 Å². The summed E-state index contributed by atoms with van der Waals surface area (Å²) in [6.07, 6.45) is 0.926. The maximum absolute atomic E-state index is 5.86. The fraction of sp³-hybridized carbons (Fsp3) is 0.250. The Hall–Kier alpha value is -1.46. The van der Waals surface area contributed by atoms with Gasteiger partial charge in [-0.25, -0.2) is 4.98 Å². The van der Waals surface area contributed by atoms with Gasteiger partial charge in [0.05, 0.1) is 5.56 Å². The molecule has 0 unspecified atom stereocenters. The van der Waals surface area contributed by atoms with E-state index in [1.54, 1.807) is 0 Å². The van der Waals surface area contributed by atoms with Gasteiger partial charge < -0.3 is 11.1 Å². The van der Waals surface area contributed by atoms with E-state index < -0.39 is 0 Å². The molecule has 5 heteroatoms. The molecule has 0 aliphatic heterocycles. The van der Waals surface area contributed by atoms with Crippen molar-refractivity contribution in [3.63, 3.8) is 0 Å². The van der Waals surface area contributed by atoms with E-state index in [0.29, 0.717) is 4.99 Å². The first-order valence-corrected chi connectivity index (χ1v) is 7.96. The third-order valence-corrected chi connectivity index (χ3v) is 3.99. The average Bonchev–Trinajstić information content (AvgIpc) is 2.39. The van der Waals surface area contributed by atoms with Gasteiger partial charge in [-0.15, -0.1) is 0 Å². The fourth-order valence-electron chi connectivity index (χ4n) is 2.34. The molecule has 3 N–H and O–H groups in total. The number of benzene rings is 1. The molecule has 0 aliphatic carbocycles. The SMILES string of the molecule is CCc1cc(Br)ccc1Nc1nc(C)cc(C)c1C(N)=S. The van der Waals surface area contributed by atoms with Crippen molar-refractivity contribution in [2.75, 3.05) is 5.32 Å². The van der Waals surface area contributed by atoms with Crippen molar-refractivity contribution in [1.82, 2.24) is 4.98 Å². The monoisotopic (exact) mass is 363 g/mol. The first kappa shape index (κ1) is 15.9. The molecule has 3 nitrogen and oxygen atoms in total. The van der Waals surface area contributed by atoms with Gasteiger partial charge >= 0.3 is 0 Å². The van der Waals surface area contributed by atoms with Crippen LogP contribution in [0.3, 0.4) is 0 Å². The van der Waals surface area contributed by atoms with Crippen molar-refractivity contribution in [3.8, 4) is 0 Å². The molecule has 1 aromatic heterocycles. The molecule has 0 radical (unpaired) electrons. The lowest BCUT2D eigenvalue weighted by Crippen LogP contribution is -2.15. The predicted molar refractivity (Wildman–Crippen MR) is 96.4 cm³/mol. The van der Waals surface area contributed by atoms with Crippen LogP contribution in [0.1, 0.15) is 29.3 Å². The summed E-state index contributed by atoms with van der Waals surface area (Å²) >= 11 is 8.67. The zero-order valence-electron chi connectivity index (χ0n) is 12.3. The van der Waals surface area contributed by atoms with Gasteiger partial charge in [-0.3, -0.25) is 0 Å². The maximum Gasteiger partial charge on any atom is 0.141 e. The zero-order chi connectivity index (χ0) is 15.6. The van der Waals surface area contributed by atoms with Crippen LogP contribution < -0.4 is 11.1 Å². The van der Waals surface area contributed by atoms with Crippen molar-refractivity contribution in [2.45, 2.75) is 27.2 Å². The molecule has 0 aliphatic rings. The summed E-state index contributed by atoms with van der Waals surface area (Å²) in [6.45, 7) is 6.08. The third kappa shape index (κ3) is 3.60. The van der Waals surface area contributed by atoms with Gasteiger partial charge in [0.25, 0.3) is 0 Å². The molecule has 0 atom stereocenters. The van der Waals surface area contributed by atoms with Crippen molar-refractivity contribution < 1.29 is 0 Å². The largest absolute Gasteiger partial charge is 0.389 e. The maximum atomic E-state index is 5.86. The molecule has 110 valence electrons. The van der Waals surface area contributed by atoms with Crippen LogP contribution in [-0.4, -0.2) is 9.97 Å². The Bertz CT molecular complexity index is 698. The number of nitrogens with one attached hydrogen (secondary N) is 1. The molecule has 1 heterocycles. The highest BCUT2D eigenvalue weighted by Gasteiger charge is 2.13. The smallest absolute Gasteiger partial charge is 0.141 e. The second-order valence-corrected chi connectivity index (χ2v) is 6.30. The van der Waals surface area contributed by atoms with Gasteiger partial charge in [0.2, 0.25) is 0 Å². The number of aromatic nitrogens is 1. The molecule has 0 saturated carbocycles. The molecule has 0 fully saturated rings. The predicted octanol–water partition coefficient (Wildman–Crippen LogP) is 4.40. The van der Waals surface area contributed by atoms with Gasteiger partial charge in [0, 0.05) is 15.9 Å². The number of pyridine rings is 1. The molecule has 0 saturated heterocycles. The number of nitrogens with two attached hydrogens (primary N) is 1. The van der Waals surface area contributed by atoms with Crippen molar-refractivity contribution in [3.05, 3.63) is 51.1 Å². The molecule has 2 aromatic rings. The average molecular weight is 364 g/mol. The van der Waals surface area contributed by atoms with Crippen LogP contribution >= 0.6 is 28.1 Å². The number of thiocarbonyl (C=S) groups is 1. The Morgan fingerprint density at radius 2 is 2.05 bits per heavy atom. The Balaban J connectivity index is 2.51. The lowest BCUT2D eigenvalue weighted by Gasteiger charge is -2.16. The van der Waals surface area contributed by atoms with Gasteiger partial charge in [0.1, 0.15) is 10.8 Å². The van der Waals surface area contributed by atoms with Gasteiger partial charge in [0.15, 0.2) is 0 Å². The molecule has 2 rings (SSSR count). The van der Waals surface area contributed by atoms with Crippen LogP contribution in [-0.2, 0) is 6.42 Å². The number of anilines is 2. The minimum atomic E-state index is 0.359. The van der Waals surface area contributed by atoms with Crippen LogP contribution in [0.15, 0.2) is 28.7 Å². The zero-order valence-corrected chi connectivity index (χ0v) is 14.7. The number of halogens is 1. The summed E-state index contributed by atoms with van der Waals surface area (Å²) < 4.78 is 1.06. The summed E-state index contributed by atoms with van der Waals surface area (Å²) in [4.78, 5) is 4.92. The quantitative estimate of drug-likeness (QED) is 0.790. The van der Waals surface area contributed by atoms with Gasteiger partial charge in [-0.05, 0) is 55.7 Å². The Kier molecular flexibility index (Phi) is 4.96. The summed E-state index contributed by atoms with van der Waals surface area (Å²) in [5, 5.41) is 3.38. The van der Waals surface area contributed by atoms with E-state index in [1.807, 2.05) is 32.0 Å². The summed E-state index contributed by atoms with van der Waals surface area (Å²) in [5.74, 6) is 0.719. The Morgan fingerprint density at radius 1 is 1.33 bits per heavy atom. The number of rotatable bonds is 4. The molecule has 0 bridgehead atoms. The fourth-order valence-corrected chi connectivity index (χ4v) is 3.01. The number of aryl methyl sites for hydroxylation is 3. The van der Waals surface area contributed by atoms with Crippen molar-refractivity contribution in [2.24, 2.45) is 5.73 Å². The summed E-state index contributed by atoms with van der Waals surface area (Å²) in [5.41, 5.74) is 10.9. The second kappa shape index (κ2) is 6.54. The summed E-state index contributed by atoms with van der Waals surface area (Å²) in [7, 11) is 0. The minimum Gasteiger partial charge on any atom is -0.389 e. The minimum absolute atomic E-state index is 0.359. The molecule has 0 amide bonds. The Morgan fingerprint density at radius 3 is 2.67 bits per heavy atom. The van der Waals surface area contributed by atoms with E-state index in [4.69, 9.17) is 18.0 Å². The van der Waals surface area contributed by atoms with E-state index in [0.717, 1.165) is 39.2 Å². The number of nitrogens with zero attached hydrogens (tertiary/aromatic N) is 1. The van der Waals surface area contributed by atoms with Crippen LogP contribution in [0.2, 0.25) is 0 Å². The first-order chi connectivity index (χ1) is 9.92. The lowest BCUT2D eigenvalue weighted by molar-refractivity contribution is 1.12. The van der Waals surface area contributed by atoms with Gasteiger partial charge in [-0.2, -0.15) is 0 Å². The summed E-state index contributed by atoms with van der Waals surface area (Å²) in [6, 6.07) is 8.13. The first-order valence-electron chi connectivity index (χ1n) is 6.76. The van der Waals surface area contributed by atoms with E-state index in [1.165, 1.54) is 5.56 Å². The van der Waals surface area contributed by atoms with Crippen molar-refractivity contribution >= 4 is 44.6 Å². The highest BCUT2D eigenvalue weighted by Crippen LogP contribution is 2.27. The molecule has 0 spiro atoms. The molecule has 1 aromatic carbocycles. The van der Waals surface area contributed by atoms with E-state index in [9.17, 15) is 0 Å². The standard InChI is InChI=1S/C16H18BrN3S/c1-4-11-8-12(17)5-6-13(11)20-16-14(15(18)21)9(2)7-10(3)19-16/h5-8H,4H2,1-3H3,(H2,18,21)(H,19,20). The molecular formula is C16H18BrN3S. The third-order valence-electron chi connectivity index (χ3n) is 3.29. The topological polar surface area (TPSA) is 50.9 Å². The number of hydrogen-bond acceptors (Lipinski definition) is 3. The highest BCUT2D eigenvalue weighted by molar-refractivity contribution is 9.10. The Labute approximate surface area is 139 Å². The van der Waals surface area contributed by atoms with Crippen LogP contribution in [0.5, 0.6) is 0 Å². The highest BCUT2D eigenvalue weighted by atomic mass is 79.9. The van der Waals surface area contributed by atoms with E-state index in [2.05, 4.69) is 39.2 Å². The van der Waals surface area contributed by atoms with E-state index in [-0.39, 0.29) is 0 Å². The van der Waals surface area contributed by atoms with E-state index >= 15 is 0 Å². The number of hydrogen-bond donors (Lipinski definition) is 2. The van der Waals surface area contributed by atoms with Gasteiger partial charge in [-0.1, -0.05) is 35.1 Å². The van der Waals surface area contributed by atoms with Crippen LogP contribution in [0.4, 0.5) is 11.5 Å².